The van der Waals surface area contributed by atoms with Gasteiger partial charge in [0.05, 0.1) is 19.4 Å². The number of rotatable bonds is 3. The first kappa shape index (κ1) is 18.7. The van der Waals surface area contributed by atoms with Gasteiger partial charge in [0.15, 0.2) is 11.5 Å². The summed E-state index contributed by atoms with van der Waals surface area (Å²) in [7, 11) is 0. The van der Waals surface area contributed by atoms with Crippen LogP contribution in [0.2, 0.25) is 0 Å². The predicted octanol–water partition coefficient (Wildman–Crippen LogP) is 0.193. The molecule has 0 bridgehead atoms. The molecule has 2 aromatic heterocycles. The van der Waals surface area contributed by atoms with Crippen LogP contribution in [0, 0.1) is 30.1 Å². The lowest BCUT2D eigenvalue weighted by atomic mass is 10.1. The molecule has 1 amide bonds. The van der Waals surface area contributed by atoms with Gasteiger partial charge in [-0.05, 0) is 5.92 Å². The molecule has 2 aromatic rings. The van der Waals surface area contributed by atoms with Crippen LogP contribution in [0.4, 0.5) is 5.82 Å². The van der Waals surface area contributed by atoms with E-state index in [1.54, 1.807) is 10.9 Å². The Labute approximate surface area is 158 Å². The van der Waals surface area contributed by atoms with E-state index in [-0.39, 0.29) is 11.8 Å². The van der Waals surface area contributed by atoms with Crippen LogP contribution >= 0.6 is 0 Å². The molecule has 0 aromatic carbocycles. The molecule has 1 fully saturated rings. The number of imidazole rings is 1. The predicted molar refractivity (Wildman–Crippen MR) is 103 cm³/mol. The summed E-state index contributed by atoms with van der Waals surface area (Å²) >= 11 is 0. The van der Waals surface area contributed by atoms with Crippen molar-refractivity contribution in [2.45, 2.75) is 20.4 Å². The lowest BCUT2D eigenvalue weighted by molar-refractivity contribution is -0.136. The van der Waals surface area contributed by atoms with Gasteiger partial charge in [-0.15, -0.1) is 6.42 Å². The number of nitrogen functional groups attached to an aromatic ring is 1. The van der Waals surface area contributed by atoms with Crippen molar-refractivity contribution in [3.63, 3.8) is 0 Å². The second kappa shape index (κ2) is 8.07. The van der Waals surface area contributed by atoms with Crippen LogP contribution in [-0.4, -0.2) is 67.9 Å². The van der Waals surface area contributed by atoms with Crippen molar-refractivity contribution in [1.29, 1.82) is 0 Å². The Morgan fingerprint density at radius 3 is 2.67 bits per heavy atom. The molecule has 0 saturated carbocycles. The summed E-state index contributed by atoms with van der Waals surface area (Å²) in [5, 5.41) is 0. The summed E-state index contributed by atoms with van der Waals surface area (Å²) in [6, 6.07) is 0. The molecule has 1 aliphatic heterocycles. The highest BCUT2D eigenvalue weighted by Gasteiger charge is 2.22. The first-order valence-electron chi connectivity index (χ1n) is 8.91. The normalized spacial score (nSPS) is 14.8. The third-order valence-corrected chi connectivity index (χ3v) is 4.43. The summed E-state index contributed by atoms with van der Waals surface area (Å²) in [5.74, 6) is 9.52. The van der Waals surface area contributed by atoms with Gasteiger partial charge in [0.25, 0.3) is 0 Å². The Morgan fingerprint density at radius 1 is 1.26 bits per heavy atom. The van der Waals surface area contributed by atoms with E-state index in [9.17, 15) is 4.79 Å². The van der Waals surface area contributed by atoms with E-state index in [0.717, 1.165) is 26.2 Å². The SMILES string of the molecule is C#CCn1cnc2c(N)nc(C#CCN3CCN(C(=O)C(C)C)CC3)nc21. The van der Waals surface area contributed by atoms with Crippen LogP contribution < -0.4 is 5.73 Å². The molecular formula is C19H23N7O. The number of piperazine rings is 1. The Morgan fingerprint density at radius 2 is 2.00 bits per heavy atom. The van der Waals surface area contributed by atoms with E-state index >= 15 is 0 Å². The van der Waals surface area contributed by atoms with Gasteiger partial charge >= 0.3 is 0 Å². The monoisotopic (exact) mass is 365 g/mol. The average molecular weight is 365 g/mol. The maximum Gasteiger partial charge on any atom is 0.225 e. The van der Waals surface area contributed by atoms with E-state index in [0.29, 0.717) is 35.9 Å². The minimum atomic E-state index is 0.0387. The molecule has 140 valence electrons. The van der Waals surface area contributed by atoms with Gasteiger partial charge in [-0.2, -0.15) is 0 Å². The number of aromatic nitrogens is 4. The summed E-state index contributed by atoms with van der Waals surface area (Å²) in [6.07, 6.45) is 6.97. The minimum Gasteiger partial charge on any atom is -0.382 e. The molecule has 0 unspecified atom stereocenters. The Hall–Kier alpha value is -3.10. The van der Waals surface area contributed by atoms with Gasteiger partial charge < -0.3 is 15.2 Å². The maximum absolute atomic E-state index is 12.0. The molecule has 1 aliphatic rings. The molecule has 3 heterocycles. The van der Waals surface area contributed by atoms with Gasteiger partial charge in [0, 0.05) is 32.1 Å². The Bertz CT molecular complexity index is 937. The number of anilines is 1. The van der Waals surface area contributed by atoms with Crippen LogP contribution in [0.1, 0.15) is 19.7 Å². The van der Waals surface area contributed by atoms with Crippen molar-refractivity contribution in [2.75, 3.05) is 38.5 Å². The highest BCUT2D eigenvalue weighted by atomic mass is 16.2. The zero-order valence-electron chi connectivity index (χ0n) is 15.6. The largest absolute Gasteiger partial charge is 0.382 e. The molecule has 27 heavy (non-hydrogen) atoms. The molecule has 8 heteroatoms. The van der Waals surface area contributed by atoms with Crippen LogP contribution in [0.3, 0.4) is 0 Å². The molecule has 3 rings (SSSR count). The van der Waals surface area contributed by atoms with Crippen molar-refractivity contribution in [2.24, 2.45) is 5.92 Å². The Balaban J connectivity index is 1.64. The van der Waals surface area contributed by atoms with Crippen molar-refractivity contribution in [3.05, 3.63) is 12.2 Å². The molecule has 0 radical (unpaired) electrons. The highest BCUT2D eigenvalue weighted by Crippen LogP contribution is 2.15. The van der Waals surface area contributed by atoms with E-state index in [4.69, 9.17) is 12.2 Å². The number of fused-ring (bicyclic) bond motifs is 1. The van der Waals surface area contributed by atoms with Crippen LogP contribution in [-0.2, 0) is 11.3 Å². The number of nitrogens with two attached hydrogens (primary N) is 1. The molecule has 0 atom stereocenters. The summed E-state index contributed by atoms with van der Waals surface area (Å²) in [5.41, 5.74) is 7.07. The quantitative estimate of drug-likeness (QED) is 0.781. The first-order chi connectivity index (χ1) is 13.0. The number of nitrogens with zero attached hydrogens (tertiary/aromatic N) is 6. The van der Waals surface area contributed by atoms with E-state index in [1.165, 1.54) is 0 Å². The number of terminal acetylenes is 1. The molecule has 0 aliphatic carbocycles. The molecule has 0 spiro atoms. The molecule has 2 N–H and O–H groups in total. The second-order valence-electron chi connectivity index (χ2n) is 6.74. The third-order valence-electron chi connectivity index (χ3n) is 4.43. The fourth-order valence-corrected chi connectivity index (χ4v) is 2.96. The van der Waals surface area contributed by atoms with E-state index < -0.39 is 0 Å². The zero-order valence-corrected chi connectivity index (χ0v) is 15.6. The van der Waals surface area contributed by atoms with Gasteiger partial charge in [-0.3, -0.25) is 9.69 Å². The summed E-state index contributed by atoms with van der Waals surface area (Å²) < 4.78 is 1.74. The lowest BCUT2D eigenvalue weighted by Gasteiger charge is -2.34. The van der Waals surface area contributed by atoms with Crippen molar-refractivity contribution >= 4 is 22.9 Å². The highest BCUT2D eigenvalue weighted by molar-refractivity contribution is 5.82. The average Bonchev–Trinajstić information content (AvgIpc) is 3.05. The topological polar surface area (TPSA) is 93.2 Å². The molecule has 1 saturated heterocycles. The zero-order chi connectivity index (χ0) is 19.4. The van der Waals surface area contributed by atoms with Crippen molar-refractivity contribution < 1.29 is 4.79 Å². The number of carbonyl (C=O) groups excluding carboxylic acids is 1. The van der Waals surface area contributed by atoms with Crippen LogP contribution in [0.25, 0.3) is 11.2 Å². The number of hydrogen-bond acceptors (Lipinski definition) is 6. The van der Waals surface area contributed by atoms with Crippen LogP contribution in [0.15, 0.2) is 6.33 Å². The maximum atomic E-state index is 12.0. The molecular weight excluding hydrogens is 342 g/mol. The third kappa shape index (κ3) is 4.18. The summed E-state index contributed by atoms with van der Waals surface area (Å²) in [6.45, 7) is 7.90. The smallest absolute Gasteiger partial charge is 0.225 e. The lowest BCUT2D eigenvalue weighted by Crippen LogP contribution is -2.49. The van der Waals surface area contributed by atoms with E-state index in [1.807, 2.05) is 18.7 Å². The van der Waals surface area contributed by atoms with Gasteiger partial charge in [-0.1, -0.05) is 25.7 Å². The minimum absolute atomic E-state index is 0.0387. The standard InChI is InChI=1S/C19H23N7O/c1-4-7-26-13-21-16-17(20)22-15(23-18(16)26)6-5-8-24-9-11-25(12-10-24)19(27)14(2)3/h1,13-14H,7-12H2,2-3H3,(H2,20,22,23). The number of carbonyl (C=O) groups is 1. The van der Waals surface area contributed by atoms with Crippen LogP contribution in [0.5, 0.6) is 0 Å². The van der Waals surface area contributed by atoms with Crippen molar-refractivity contribution in [3.8, 4) is 24.2 Å². The van der Waals surface area contributed by atoms with Crippen molar-refractivity contribution in [1.82, 2.24) is 29.3 Å². The fourth-order valence-electron chi connectivity index (χ4n) is 2.96. The molecule has 8 nitrogen and oxygen atoms in total. The Kier molecular flexibility index (Phi) is 5.58. The number of hydrogen-bond donors (Lipinski definition) is 1. The van der Waals surface area contributed by atoms with Gasteiger partial charge in [-0.25, -0.2) is 15.0 Å². The fraction of sp³-hybridized carbons (Fsp3) is 0.474. The number of amides is 1. The van der Waals surface area contributed by atoms with Gasteiger partial charge in [0.2, 0.25) is 11.7 Å². The van der Waals surface area contributed by atoms with E-state index in [2.05, 4.69) is 37.6 Å². The summed E-state index contributed by atoms with van der Waals surface area (Å²) in [4.78, 5) is 29.0. The first-order valence-corrected chi connectivity index (χ1v) is 8.91. The second-order valence-corrected chi connectivity index (χ2v) is 6.74. The van der Waals surface area contributed by atoms with Gasteiger partial charge in [0.1, 0.15) is 5.52 Å².